The third kappa shape index (κ3) is 8.50. The van der Waals surface area contributed by atoms with Crippen molar-refractivity contribution in [3.63, 3.8) is 0 Å². The van der Waals surface area contributed by atoms with Crippen LogP contribution in [0.25, 0.3) is 0 Å². The molecule has 6 heteroatoms. The zero-order valence-corrected chi connectivity index (χ0v) is 14.9. The van der Waals surface area contributed by atoms with Gasteiger partial charge in [-0.3, -0.25) is 0 Å². The van der Waals surface area contributed by atoms with E-state index in [2.05, 4.69) is 29.6 Å². The number of alkyl carbamates (subject to hydrolysis) is 1. The number of carbonyl (C=O) groups excluding carboxylic acids is 1. The van der Waals surface area contributed by atoms with Crippen LogP contribution in [0.3, 0.4) is 0 Å². The molecule has 0 aliphatic heterocycles. The first-order valence-corrected chi connectivity index (χ1v) is 8.68. The van der Waals surface area contributed by atoms with Gasteiger partial charge in [0.1, 0.15) is 11.6 Å². The molecule has 128 valence electrons. The molecule has 1 aromatic rings. The number of benzene rings is 1. The van der Waals surface area contributed by atoms with Crippen LogP contribution >= 0.6 is 11.8 Å². The Kier molecular flexibility index (Phi) is 7.42. The number of rotatable bonds is 7. The lowest BCUT2D eigenvalue weighted by molar-refractivity contribution is -0.139. The number of ether oxygens (including phenoxy) is 1. The molecule has 5 nitrogen and oxygen atoms in total. The first-order valence-electron chi connectivity index (χ1n) is 7.53. The van der Waals surface area contributed by atoms with Crippen molar-refractivity contribution < 1.29 is 19.4 Å². The van der Waals surface area contributed by atoms with Gasteiger partial charge < -0.3 is 15.2 Å². The molecule has 0 saturated heterocycles. The molecule has 1 rings (SSSR count). The normalized spacial score (nSPS) is 12.5. The molecule has 0 aliphatic rings. The van der Waals surface area contributed by atoms with E-state index < -0.39 is 23.7 Å². The predicted octanol–water partition coefficient (Wildman–Crippen LogP) is 3.60. The van der Waals surface area contributed by atoms with Crippen LogP contribution in [0.1, 0.15) is 38.3 Å². The Labute approximate surface area is 141 Å². The first-order chi connectivity index (χ1) is 10.7. The maximum atomic E-state index is 11.7. The summed E-state index contributed by atoms with van der Waals surface area (Å²) in [7, 11) is 0. The molecule has 1 atom stereocenters. The summed E-state index contributed by atoms with van der Waals surface area (Å²) in [6, 6.07) is 7.31. The smallest absolute Gasteiger partial charge is 0.408 e. The third-order valence-corrected chi connectivity index (χ3v) is 3.99. The minimum atomic E-state index is -1.05. The van der Waals surface area contributed by atoms with Crippen LogP contribution in [-0.4, -0.2) is 34.6 Å². The number of aryl methyl sites for hydroxylation is 1. The SMILES string of the molecule is Cc1ccc(CSCC[C@H](NC(=O)OC(C)(C)C)C(=O)O)cc1. The van der Waals surface area contributed by atoms with Crippen molar-refractivity contribution in [2.24, 2.45) is 0 Å². The topological polar surface area (TPSA) is 75.6 Å². The summed E-state index contributed by atoms with van der Waals surface area (Å²) in [4.78, 5) is 22.9. The van der Waals surface area contributed by atoms with Gasteiger partial charge in [0.25, 0.3) is 0 Å². The number of hydrogen-bond acceptors (Lipinski definition) is 4. The van der Waals surface area contributed by atoms with Crippen molar-refractivity contribution in [1.82, 2.24) is 5.32 Å². The van der Waals surface area contributed by atoms with Crippen molar-refractivity contribution in [2.45, 2.75) is 51.5 Å². The number of carboxylic acid groups (broad SMARTS) is 1. The van der Waals surface area contributed by atoms with Crippen LogP contribution in [0.5, 0.6) is 0 Å². The number of nitrogens with one attached hydrogen (secondary N) is 1. The van der Waals surface area contributed by atoms with E-state index in [1.165, 1.54) is 11.1 Å². The third-order valence-electron chi connectivity index (χ3n) is 2.93. The molecule has 0 saturated carbocycles. The minimum absolute atomic E-state index is 0.352. The van der Waals surface area contributed by atoms with Gasteiger partial charge in [0.15, 0.2) is 0 Å². The zero-order valence-electron chi connectivity index (χ0n) is 14.1. The quantitative estimate of drug-likeness (QED) is 0.742. The molecular weight excluding hydrogens is 314 g/mol. The Hall–Kier alpha value is -1.69. The molecule has 0 aromatic heterocycles. The molecule has 23 heavy (non-hydrogen) atoms. The highest BCUT2D eigenvalue weighted by Gasteiger charge is 2.23. The summed E-state index contributed by atoms with van der Waals surface area (Å²) in [5.41, 5.74) is 1.77. The van der Waals surface area contributed by atoms with E-state index in [0.717, 1.165) is 5.75 Å². The van der Waals surface area contributed by atoms with Crippen molar-refractivity contribution in [1.29, 1.82) is 0 Å². The van der Waals surface area contributed by atoms with Crippen LogP contribution in [0.4, 0.5) is 4.79 Å². The van der Waals surface area contributed by atoms with Crippen molar-refractivity contribution in [3.8, 4) is 0 Å². The number of aliphatic carboxylic acids is 1. The minimum Gasteiger partial charge on any atom is -0.480 e. The Morgan fingerprint density at radius 2 is 1.87 bits per heavy atom. The highest BCUT2D eigenvalue weighted by Crippen LogP contribution is 2.15. The van der Waals surface area contributed by atoms with Crippen molar-refractivity contribution in [2.75, 3.05) is 5.75 Å². The monoisotopic (exact) mass is 339 g/mol. The van der Waals surface area contributed by atoms with Crippen LogP contribution in [0, 0.1) is 6.92 Å². The number of hydrogen-bond donors (Lipinski definition) is 2. The summed E-state index contributed by atoms with van der Waals surface area (Å²) >= 11 is 1.64. The summed E-state index contributed by atoms with van der Waals surface area (Å²) in [5, 5.41) is 11.6. The molecule has 0 heterocycles. The second kappa shape index (κ2) is 8.82. The number of thioether (sulfide) groups is 1. The van der Waals surface area contributed by atoms with E-state index >= 15 is 0 Å². The standard InChI is InChI=1S/C17H25NO4S/c1-12-5-7-13(8-6-12)11-23-10-9-14(15(19)20)18-16(21)22-17(2,3)4/h5-8,14H,9-11H2,1-4H3,(H,18,21)(H,19,20)/t14-/m0/s1. The summed E-state index contributed by atoms with van der Waals surface area (Å²) < 4.78 is 5.08. The number of amides is 1. The Morgan fingerprint density at radius 3 is 2.39 bits per heavy atom. The van der Waals surface area contributed by atoms with Gasteiger partial charge in [-0.1, -0.05) is 29.8 Å². The van der Waals surface area contributed by atoms with E-state index in [1.807, 2.05) is 6.92 Å². The highest BCUT2D eigenvalue weighted by molar-refractivity contribution is 7.98. The Bertz CT molecular complexity index is 522. The molecule has 0 spiro atoms. The molecule has 1 amide bonds. The van der Waals surface area contributed by atoms with Gasteiger partial charge in [-0.05, 0) is 45.4 Å². The van der Waals surface area contributed by atoms with Gasteiger partial charge in [0, 0.05) is 5.75 Å². The molecule has 1 aromatic carbocycles. The fraction of sp³-hybridized carbons (Fsp3) is 0.529. The van der Waals surface area contributed by atoms with Crippen LogP contribution < -0.4 is 5.32 Å². The Balaban J connectivity index is 2.37. The molecule has 0 radical (unpaired) electrons. The Morgan fingerprint density at radius 1 is 1.26 bits per heavy atom. The van der Waals surface area contributed by atoms with Crippen LogP contribution in [0.2, 0.25) is 0 Å². The number of carbonyl (C=O) groups is 2. The molecule has 0 fully saturated rings. The van der Waals surface area contributed by atoms with Gasteiger partial charge in [-0.2, -0.15) is 11.8 Å². The second-order valence-corrected chi connectivity index (χ2v) is 7.47. The largest absolute Gasteiger partial charge is 0.480 e. The van der Waals surface area contributed by atoms with E-state index in [0.29, 0.717) is 12.2 Å². The van der Waals surface area contributed by atoms with Gasteiger partial charge in [-0.25, -0.2) is 9.59 Å². The molecule has 0 unspecified atom stereocenters. The summed E-state index contributed by atoms with van der Waals surface area (Å²) in [6.45, 7) is 7.25. The van der Waals surface area contributed by atoms with Gasteiger partial charge in [-0.15, -0.1) is 0 Å². The van der Waals surface area contributed by atoms with E-state index in [9.17, 15) is 14.7 Å². The van der Waals surface area contributed by atoms with Crippen molar-refractivity contribution in [3.05, 3.63) is 35.4 Å². The molecule has 2 N–H and O–H groups in total. The lowest BCUT2D eigenvalue weighted by atomic mass is 10.2. The van der Waals surface area contributed by atoms with Crippen molar-refractivity contribution >= 4 is 23.8 Å². The van der Waals surface area contributed by atoms with E-state index in [1.54, 1.807) is 32.5 Å². The molecule has 0 bridgehead atoms. The van der Waals surface area contributed by atoms with Crippen LogP contribution in [0.15, 0.2) is 24.3 Å². The lowest BCUT2D eigenvalue weighted by Gasteiger charge is -2.21. The maximum absolute atomic E-state index is 11.7. The zero-order chi connectivity index (χ0) is 17.5. The fourth-order valence-electron chi connectivity index (χ4n) is 1.78. The van der Waals surface area contributed by atoms with Gasteiger partial charge in [0.2, 0.25) is 0 Å². The second-order valence-electron chi connectivity index (χ2n) is 6.36. The lowest BCUT2D eigenvalue weighted by Crippen LogP contribution is -2.43. The van der Waals surface area contributed by atoms with Gasteiger partial charge in [0.05, 0.1) is 0 Å². The summed E-state index contributed by atoms with van der Waals surface area (Å²) in [6.07, 6.45) is -0.348. The average Bonchev–Trinajstić information content (AvgIpc) is 2.42. The summed E-state index contributed by atoms with van der Waals surface area (Å²) in [5.74, 6) is 0.409. The number of carboxylic acids is 1. The van der Waals surface area contributed by atoms with E-state index in [-0.39, 0.29) is 0 Å². The first kappa shape index (κ1) is 19.4. The molecule has 0 aliphatic carbocycles. The fourth-order valence-corrected chi connectivity index (χ4v) is 2.76. The highest BCUT2D eigenvalue weighted by atomic mass is 32.2. The predicted molar refractivity (Wildman–Crippen MR) is 92.8 cm³/mol. The van der Waals surface area contributed by atoms with Crippen LogP contribution in [-0.2, 0) is 15.3 Å². The molecular formula is C17H25NO4S. The average molecular weight is 339 g/mol. The maximum Gasteiger partial charge on any atom is 0.408 e. The van der Waals surface area contributed by atoms with E-state index in [4.69, 9.17) is 4.74 Å². The van der Waals surface area contributed by atoms with Gasteiger partial charge >= 0.3 is 12.1 Å².